The van der Waals surface area contributed by atoms with Gasteiger partial charge in [0.05, 0.1) is 12.2 Å². The lowest BCUT2D eigenvalue weighted by molar-refractivity contribution is -0.138. The number of carbonyl (C=O) groups excluding carboxylic acids is 1. The van der Waals surface area contributed by atoms with Crippen LogP contribution in [-0.2, 0) is 9.53 Å². The maximum Gasteiger partial charge on any atom is 0.334 e. The van der Waals surface area contributed by atoms with E-state index >= 15 is 0 Å². The summed E-state index contributed by atoms with van der Waals surface area (Å²) in [5.41, 5.74) is -0.349. The smallest absolute Gasteiger partial charge is 0.334 e. The van der Waals surface area contributed by atoms with Crippen molar-refractivity contribution in [1.82, 2.24) is 4.90 Å². The van der Waals surface area contributed by atoms with E-state index in [9.17, 15) is 9.90 Å². The second-order valence-electron chi connectivity index (χ2n) is 4.44. The van der Waals surface area contributed by atoms with E-state index in [-0.39, 0.29) is 5.97 Å². The van der Waals surface area contributed by atoms with Crippen molar-refractivity contribution in [1.29, 1.82) is 0 Å². The number of hydrogen-bond donors (Lipinski definition) is 1. The number of aliphatic hydroxyl groups is 1. The van der Waals surface area contributed by atoms with E-state index in [4.69, 9.17) is 4.74 Å². The zero-order valence-electron chi connectivity index (χ0n) is 10.7. The van der Waals surface area contributed by atoms with E-state index < -0.39 is 5.60 Å². The largest absolute Gasteiger partial charge is 0.463 e. The molecule has 0 saturated carbocycles. The Morgan fingerprint density at radius 2 is 2.00 bits per heavy atom. The first-order chi connectivity index (χ1) is 7.30. The summed E-state index contributed by atoms with van der Waals surface area (Å²) in [4.78, 5) is 13.3. The molecule has 0 spiro atoms. The van der Waals surface area contributed by atoms with Crippen molar-refractivity contribution in [3.05, 3.63) is 12.2 Å². The van der Waals surface area contributed by atoms with Gasteiger partial charge in [-0.1, -0.05) is 13.5 Å². The molecule has 0 amide bonds. The van der Waals surface area contributed by atoms with Crippen LogP contribution in [0.25, 0.3) is 0 Å². The van der Waals surface area contributed by atoms with Crippen molar-refractivity contribution in [2.24, 2.45) is 0 Å². The van der Waals surface area contributed by atoms with Crippen LogP contribution in [0.3, 0.4) is 0 Å². The second kappa shape index (κ2) is 6.66. The molecule has 1 N–H and O–H groups in total. The minimum atomic E-state index is -0.773. The van der Waals surface area contributed by atoms with E-state index in [1.165, 1.54) is 0 Å². The van der Waals surface area contributed by atoms with Gasteiger partial charge in [0.1, 0.15) is 0 Å². The highest BCUT2D eigenvalue weighted by Crippen LogP contribution is 2.07. The molecule has 0 heterocycles. The Morgan fingerprint density at radius 1 is 1.44 bits per heavy atom. The average Bonchev–Trinajstić information content (AvgIpc) is 2.14. The van der Waals surface area contributed by atoms with Gasteiger partial charge in [-0.05, 0) is 27.3 Å². The number of ether oxygens (including phenoxy) is 1. The molecule has 0 aliphatic heterocycles. The lowest BCUT2D eigenvalue weighted by atomic mass is 10.1. The Hall–Kier alpha value is -0.870. The summed E-state index contributed by atoms with van der Waals surface area (Å²) in [5, 5.41) is 9.69. The highest BCUT2D eigenvalue weighted by atomic mass is 16.5. The third-order valence-corrected chi connectivity index (χ3v) is 2.04. The van der Waals surface area contributed by atoms with Crippen LogP contribution in [0.2, 0.25) is 0 Å². The normalized spacial score (nSPS) is 11.6. The summed E-state index contributed by atoms with van der Waals surface area (Å²) in [7, 11) is 0. The number of rotatable bonds is 7. The molecule has 0 bridgehead atoms. The van der Waals surface area contributed by atoms with Crippen LogP contribution in [0.4, 0.5) is 0 Å². The fraction of sp³-hybridized carbons (Fsp3) is 0.750. The first-order valence-corrected chi connectivity index (χ1v) is 5.59. The SMILES string of the molecule is C=C(CN(CC)CC(C)(C)O)C(=O)OCC. The molecule has 16 heavy (non-hydrogen) atoms. The van der Waals surface area contributed by atoms with E-state index in [2.05, 4.69) is 6.58 Å². The van der Waals surface area contributed by atoms with Crippen molar-refractivity contribution >= 4 is 5.97 Å². The number of nitrogens with zero attached hydrogens (tertiary/aromatic N) is 1. The van der Waals surface area contributed by atoms with Gasteiger partial charge in [0, 0.05) is 18.7 Å². The van der Waals surface area contributed by atoms with Crippen LogP contribution in [0.1, 0.15) is 27.7 Å². The highest BCUT2D eigenvalue weighted by Gasteiger charge is 2.19. The number of carbonyl (C=O) groups is 1. The van der Waals surface area contributed by atoms with Crippen LogP contribution in [0.15, 0.2) is 12.2 Å². The van der Waals surface area contributed by atoms with Crippen molar-refractivity contribution in [2.75, 3.05) is 26.2 Å². The molecule has 4 heteroatoms. The van der Waals surface area contributed by atoms with Crippen LogP contribution < -0.4 is 0 Å². The Morgan fingerprint density at radius 3 is 2.38 bits per heavy atom. The molecule has 94 valence electrons. The predicted octanol–water partition coefficient (Wildman–Crippen LogP) is 1.20. The molecule has 0 aliphatic rings. The van der Waals surface area contributed by atoms with Crippen molar-refractivity contribution in [3.8, 4) is 0 Å². The van der Waals surface area contributed by atoms with Gasteiger partial charge in [0.2, 0.25) is 0 Å². The fourth-order valence-electron chi connectivity index (χ4n) is 1.39. The minimum absolute atomic E-state index is 0.357. The van der Waals surface area contributed by atoms with Crippen LogP contribution in [-0.4, -0.2) is 47.8 Å². The van der Waals surface area contributed by atoms with Gasteiger partial charge in [-0.15, -0.1) is 0 Å². The van der Waals surface area contributed by atoms with E-state index in [0.29, 0.717) is 25.3 Å². The lowest BCUT2D eigenvalue weighted by Crippen LogP contribution is -2.40. The molecule has 0 radical (unpaired) electrons. The second-order valence-corrected chi connectivity index (χ2v) is 4.44. The third-order valence-electron chi connectivity index (χ3n) is 2.04. The lowest BCUT2D eigenvalue weighted by Gasteiger charge is -2.28. The Balaban J connectivity index is 4.22. The van der Waals surface area contributed by atoms with Gasteiger partial charge >= 0.3 is 5.97 Å². The van der Waals surface area contributed by atoms with Gasteiger partial charge in [0.15, 0.2) is 0 Å². The summed E-state index contributed by atoms with van der Waals surface area (Å²) in [6.45, 7) is 13.0. The van der Waals surface area contributed by atoms with Gasteiger partial charge < -0.3 is 9.84 Å². The Kier molecular flexibility index (Phi) is 6.29. The Bertz CT molecular complexity index is 243. The average molecular weight is 229 g/mol. The van der Waals surface area contributed by atoms with Gasteiger partial charge in [-0.2, -0.15) is 0 Å². The first-order valence-electron chi connectivity index (χ1n) is 5.59. The van der Waals surface area contributed by atoms with Gasteiger partial charge in [0.25, 0.3) is 0 Å². The molecule has 4 nitrogen and oxygen atoms in total. The first kappa shape index (κ1) is 15.1. The van der Waals surface area contributed by atoms with Crippen LogP contribution in [0, 0.1) is 0 Å². The summed E-state index contributed by atoms with van der Waals surface area (Å²) >= 11 is 0. The molecule has 0 rings (SSSR count). The molecule has 0 fully saturated rings. The highest BCUT2D eigenvalue weighted by molar-refractivity contribution is 5.88. The molecule has 0 aromatic carbocycles. The molecule has 0 aromatic heterocycles. The van der Waals surface area contributed by atoms with Crippen molar-refractivity contribution in [3.63, 3.8) is 0 Å². The topological polar surface area (TPSA) is 49.8 Å². The standard InChI is InChI=1S/C12H23NO3/c1-6-13(9-12(4,5)15)8-10(3)11(14)16-7-2/h15H,3,6-9H2,1-2,4-5H3. The fourth-order valence-corrected chi connectivity index (χ4v) is 1.39. The monoisotopic (exact) mass is 229 g/mol. The molecular weight excluding hydrogens is 206 g/mol. The van der Waals surface area contributed by atoms with Crippen LogP contribution >= 0.6 is 0 Å². The van der Waals surface area contributed by atoms with E-state index in [1.807, 2.05) is 11.8 Å². The molecule has 0 aliphatic carbocycles. The summed E-state index contributed by atoms with van der Waals surface area (Å²) < 4.78 is 4.85. The van der Waals surface area contributed by atoms with Gasteiger partial charge in [-0.25, -0.2) is 4.79 Å². The molecular formula is C12H23NO3. The van der Waals surface area contributed by atoms with Gasteiger partial charge in [-0.3, -0.25) is 4.90 Å². The summed E-state index contributed by atoms with van der Waals surface area (Å²) in [5.74, 6) is -0.364. The molecule has 0 unspecified atom stereocenters. The Labute approximate surface area is 97.9 Å². The third kappa shape index (κ3) is 6.58. The summed E-state index contributed by atoms with van der Waals surface area (Å²) in [6, 6.07) is 0. The van der Waals surface area contributed by atoms with Crippen molar-refractivity contribution < 1.29 is 14.6 Å². The minimum Gasteiger partial charge on any atom is -0.463 e. The summed E-state index contributed by atoms with van der Waals surface area (Å²) in [6.07, 6.45) is 0. The van der Waals surface area contributed by atoms with E-state index in [0.717, 1.165) is 6.54 Å². The van der Waals surface area contributed by atoms with Crippen LogP contribution in [0.5, 0.6) is 0 Å². The zero-order chi connectivity index (χ0) is 12.8. The molecule has 0 atom stereocenters. The zero-order valence-corrected chi connectivity index (χ0v) is 10.7. The number of hydrogen-bond acceptors (Lipinski definition) is 4. The quantitative estimate of drug-likeness (QED) is 0.526. The van der Waals surface area contributed by atoms with E-state index in [1.54, 1.807) is 20.8 Å². The predicted molar refractivity (Wildman–Crippen MR) is 64.2 cm³/mol. The maximum atomic E-state index is 11.3. The molecule has 0 aromatic rings. The number of likely N-dealkylation sites (N-methyl/N-ethyl adjacent to an activating group) is 1. The number of esters is 1. The maximum absolute atomic E-state index is 11.3. The molecule has 0 saturated heterocycles. The van der Waals surface area contributed by atoms with Crippen molar-refractivity contribution in [2.45, 2.75) is 33.3 Å².